The van der Waals surface area contributed by atoms with E-state index < -0.39 is 0 Å². The van der Waals surface area contributed by atoms with Crippen molar-refractivity contribution in [1.82, 2.24) is 9.97 Å². The van der Waals surface area contributed by atoms with Gasteiger partial charge in [0.05, 0.1) is 42.9 Å². The maximum Gasteiger partial charge on any atom is 0.255 e. The highest BCUT2D eigenvalue weighted by molar-refractivity contribution is 6.04. The monoisotopic (exact) mass is 309 g/mol. The summed E-state index contributed by atoms with van der Waals surface area (Å²) in [5.41, 5.74) is 1.51. The van der Waals surface area contributed by atoms with Crippen molar-refractivity contribution in [3.8, 4) is 6.07 Å². The molecule has 1 aliphatic rings. The number of anilines is 2. The Kier molecular flexibility index (Phi) is 4.45. The van der Waals surface area contributed by atoms with E-state index in [1.807, 2.05) is 11.0 Å². The molecule has 2 heterocycles. The molecule has 7 nitrogen and oxygen atoms in total. The highest BCUT2D eigenvalue weighted by Crippen LogP contribution is 2.13. The predicted octanol–water partition coefficient (Wildman–Crippen LogP) is 1.44. The van der Waals surface area contributed by atoms with Gasteiger partial charge in [-0.1, -0.05) is 0 Å². The van der Waals surface area contributed by atoms with Crippen LogP contribution in [0, 0.1) is 11.3 Å². The molecule has 0 radical (unpaired) electrons. The molecule has 0 saturated carbocycles. The molecule has 0 atom stereocenters. The second kappa shape index (κ2) is 6.85. The van der Waals surface area contributed by atoms with Crippen molar-refractivity contribution in [2.24, 2.45) is 0 Å². The van der Waals surface area contributed by atoms with E-state index in [1.54, 1.807) is 36.7 Å². The van der Waals surface area contributed by atoms with Gasteiger partial charge in [-0.05, 0) is 24.3 Å². The molecular weight excluding hydrogens is 294 g/mol. The number of benzene rings is 1. The van der Waals surface area contributed by atoms with Crippen molar-refractivity contribution >= 4 is 17.5 Å². The van der Waals surface area contributed by atoms with Crippen molar-refractivity contribution in [1.29, 1.82) is 5.26 Å². The average molecular weight is 309 g/mol. The van der Waals surface area contributed by atoms with Crippen LogP contribution in [0.25, 0.3) is 0 Å². The summed E-state index contributed by atoms with van der Waals surface area (Å²) in [5.74, 6) is 0.363. The molecule has 7 heteroatoms. The zero-order chi connectivity index (χ0) is 16.1. The zero-order valence-electron chi connectivity index (χ0n) is 12.4. The summed E-state index contributed by atoms with van der Waals surface area (Å²) in [7, 11) is 0. The quantitative estimate of drug-likeness (QED) is 0.922. The molecule has 1 aromatic heterocycles. The van der Waals surface area contributed by atoms with Gasteiger partial charge in [-0.2, -0.15) is 5.26 Å². The van der Waals surface area contributed by atoms with Crippen LogP contribution in [0.4, 0.5) is 11.6 Å². The van der Waals surface area contributed by atoms with Crippen LogP contribution >= 0.6 is 0 Å². The number of carbonyl (C=O) groups is 1. The van der Waals surface area contributed by atoms with E-state index in [9.17, 15) is 4.79 Å². The number of amides is 1. The number of nitriles is 1. The number of morpholine rings is 1. The Balaban J connectivity index is 1.65. The van der Waals surface area contributed by atoms with E-state index >= 15 is 0 Å². The third-order valence-corrected chi connectivity index (χ3v) is 3.47. The summed E-state index contributed by atoms with van der Waals surface area (Å²) < 4.78 is 5.29. The van der Waals surface area contributed by atoms with Gasteiger partial charge in [0.1, 0.15) is 0 Å². The average Bonchev–Trinajstić information content (AvgIpc) is 2.63. The second-order valence-corrected chi connectivity index (χ2v) is 5.01. The molecule has 1 aromatic carbocycles. The van der Waals surface area contributed by atoms with E-state index in [0.29, 0.717) is 36.0 Å². The molecule has 1 amide bonds. The molecule has 0 bridgehead atoms. The van der Waals surface area contributed by atoms with Crippen molar-refractivity contribution in [3.63, 3.8) is 0 Å². The van der Waals surface area contributed by atoms with Crippen LogP contribution in [-0.4, -0.2) is 42.2 Å². The fraction of sp³-hybridized carbons (Fsp3) is 0.250. The Hall–Kier alpha value is -2.98. The van der Waals surface area contributed by atoms with Crippen LogP contribution in [0.5, 0.6) is 0 Å². The number of rotatable bonds is 3. The molecule has 23 heavy (non-hydrogen) atoms. The first-order valence-corrected chi connectivity index (χ1v) is 7.22. The standard InChI is InChI=1S/C16H15N5O2/c17-9-12-1-3-13(4-2-12)15(22)20-14-10-18-16(19-11-14)21-5-7-23-8-6-21/h1-4,10-11H,5-8H2,(H,20,22). The molecule has 0 unspecified atom stereocenters. The number of aromatic nitrogens is 2. The summed E-state index contributed by atoms with van der Waals surface area (Å²) in [4.78, 5) is 22.7. The van der Waals surface area contributed by atoms with Crippen LogP contribution in [-0.2, 0) is 4.74 Å². The molecule has 1 saturated heterocycles. The molecule has 1 fully saturated rings. The minimum Gasteiger partial charge on any atom is -0.378 e. The number of carbonyl (C=O) groups excluding carboxylic acids is 1. The van der Waals surface area contributed by atoms with Gasteiger partial charge in [0.15, 0.2) is 0 Å². The van der Waals surface area contributed by atoms with Crippen LogP contribution < -0.4 is 10.2 Å². The Morgan fingerprint density at radius 1 is 1.17 bits per heavy atom. The van der Waals surface area contributed by atoms with Gasteiger partial charge in [0, 0.05) is 18.7 Å². The molecule has 0 aliphatic carbocycles. The first kappa shape index (κ1) is 14.9. The molecule has 1 aliphatic heterocycles. The first-order valence-electron chi connectivity index (χ1n) is 7.22. The number of ether oxygens (including phenoxy) is 1. The van der Waals surface area contributed by atoms with Crippen molar-refractivity contribution < 1.29 is 9.53 Å². The predicted molar refractivity (Wildman–Crippen MR) is 84.2 cm³/mol. The fourth-order valence-corrected chi connectivity index (χ4v) is 2.21. The summed E-state index contributed by atoms with van der Waals surface area (Å²) in [6.45, 7) is 2.86. The molecular formula is C16H15N5O2. The lowest BCUT2D eigenvalue weighted by molar-refractivity contribution is 0.102. The number of hydrogen-bond acceptors (Lipinski definition) is 6. The topological polar surface area (TPSA) is 91.1 Å². The van der Waals surface area contributed by atoms with E-state index in [-0.39, 0.29) is 5.91 Å². The van der Waals surface area contributed by atoms with Crippen molar-refractivity contribution in [3.05, 3.63) is 47.8 Å². The van der Waals surface area contributed by atoms with Gasteiger partial charge in [-0.25, -0.2) is 9.97 Å². The van der Waals surface area contributed by atoms with Gasteiger partial charge < -0.3 is 15.0 Å². The normalized spacial score (nSPS) is 14.1. The van der Waals surface area contributed by atoms with Gasteiger partial charge >= 0.3 is 0 Å². The van der Waals surface area contributed by atoms with Crippen molar-refractivity contribution in [2.45, 2.75) is 0 Å². The van der Waals surface area contributed by atoms with Crippen molar-refractivity contribution in [2.75, 3.05) is 36.5 Å². The largest absolute Gasteiger partial charge is 0.378 e. The maximum absolute atomic E-state index is 12.1. The van der Waals surface area contributed by atoms with E-state index in [4.69, 9.17) is 10.00 Å². The molecule has 3 rings (SSSR count). The molecule has 2 aromatic rings. The lowest BCUT2D eigenvalue weighted by atomic mass is 10.1. The van der Waals surface area contributed by atoms with Gasteiger partial charge in [0.25, 0.3) is 5.91 Å². The SMILES string of the molecule is N#Cc1ccc(C(=O)Nc2cnc(N3CCOCC3)nc2)cc1. The molecule has 1 N–H and O–H groups in total. The van der Waals surface area contributed by atoms with Gasteiger partial charge in [-0.3, -0.25) is 4.79 Å². The molecule has 0 spiro atoms. The number of hydrogen-bond donors (Lipinski definition) is 1. The first-order chi connectivity index (χ1) is 11.3. The summed E-state index contributed by atoms with van der Waals surface area (Å²) in [5, 5.41) is 11.5. The summed E-state index contributed by atoms with van der Waals surface area (Å²) >= 11 is 0. The van der Waals surface area contributed by atoms with Crippen LogP contribution in [0.2, 0.25) is 0 Å². The smallest absolute Gasteiger partial charge is 0.255 e. The van der Waals surface area contributed by atoms with E-state index in [2.05, 4.69) is 15.3 Å². The second-order valence-electron chi connectivity index (χ2n) is 5.01. The third-order valence-electron chi connectivity index (χ3n) is 3.47. The Morgan fingerprint density at radius 3 is 2.43 bits per heavy atom. The minimum atomic E-state index is -0.266. The minimum absolute atomic E-state index is 0.266. The zero-order valence-corrected chi connectivity index (χ0v) is 12.4. The summed E-state index contributed by atoms with van der Waals surface area (Å²) in [6.07, 6.45) is 3.17. The highest BCUT2D eigenvalue weighted by atomic mass is 16.5. The Bertz CT molecular complexity index is 716. The fourth-order valence-electron chi connectivity index (χ4n) is 2.21. The highest BCUT2D eigenvalue weighted by Gasteiger charge is 2.14. The maximum atomic E-state index is 12.1. The number of nitrogens with one attached hydrogen (secondary N) is 1. The third kappa shape index (κ3) is 3.62. The van der Waals surface area contributed by atoms with E-state index in [1.165, 1.54) is 0 Å². The van der Waals surface area contributed by atoms with Gasteiger partial charge in [-0.15, -0.1) is 0 Å². The lowest BCUT2D eigenvalue weighted by Crippen LogP contribution is -2.37. The van der Waals surface area contributed by atoms with Crippen LogP contribution in [0.15, 0.2) is 36.7 Å². The Labute approximate surface area is 133 Å². The number of nitrogens with zero attached hydrogens (tertiary/aromatic N) is 4. The van der Waals surface area contributed by atoms with Crippen LogP contribution in [0.1, 0.15) is 15.9 Å². The summed E-state index contributed by atoms with van der Waals surface area (Å²) in [6, 6.07) is 8.44. The van der Waals surface area contributed by atoms with E-state index in [0.717, 1.165) is 13.1 Å². The van der Waals surface area contributed by atoms with Gasteiger partial charge in [0.2, 0.25) is 5.95 Å². The lowest BCUT2D eigenvalue weighted by Gasteiger charge is -2.26. The van der Waals surface area contributed by atoms with Crippen LogP contribution in [0.3, 0.4) is 0 Å². The Morgan fingerprint density at radius 2 is 1.83 bits per heavy atom. The molecule has 116 valence electrons.